The topological polar surface area (TPSA) is 78.0 Å². The van der Waals surface area contributed by atoms with Gasteiger partial charge in [-0.25, -0.2) is 4.98 Å². The van der Waals surface area contributed by atoms with Crippen LogP contribution in [0.25, 0.3) is 0 Å². The number of imidazole rings is 1. The predicted molar refractivity (Wildman–Crippen MR) is 67.0 cm³/mol. The van der Waals surface area contributed by atoms with Crippen LogP contribution in [0.1, 0.15) is 11.3 Å². The average Bonchev–Trinajstić information content (AvgIpc) is 2.88. The smallest absolute Gasteiger partial charge is 0.321 e. The van der Waals surface area contributed by atoms with E-state index in [-0.39, 0.29) is 0 Å². The van der Waals surface area contributed by atoms with Gasteiger partial charge in [-0.1, -0.05) is 30.3 Å². The van der Waals surface area contributed by atoms with Gasteiger partial charge in [0.15, 0.2) is 0 Å². The van der Waals surface area contributed by atoms with Crippen molar-refractivity contribution in [2.45, 2.75) is 19.0 Å². The van der Waals surface area contributed by atoms with E-state index in [9.17, 15) is 4.79 Å². The number of nitrogens with one attached hydrogen (secondary N) is 2. The van der Waals surface area contributed by atoms with Gasteiger partial charge in [0.2, 0.25) is 0 Å². The molecule has 1 heterocycles. The molecule has 0 bridgehead atoms. The van der Waals surface area contributed by atoms with E-state index in [1.54, 1.807) is 12.5 Å². The predicted octanol–water partition coefficient (Wildman–Crippen LogP) is 1.20. The van der Waals surface area contributed by atoms with Crippen LogP contribution in [0.2, 0.25) is 0 Å². The minimum Gasteiger partial charge on any atom is -0.480 e. The van der Waals surface area contributed by atoms with Crippen LogP contribution in [0.5, 0.6) is 0 Å². The molecule has 0 aliphatic rings. The van der Waals surface area contributed by atoms with E-state index in [2.05, 4.69) is 15.3 Å². The summed E-state index contributed by atoms with van der Waals surface area (Å²) in [6.07, 6.45) is 3.62. The molecular formula is C13H15N3O2. The molecule has 0 unspecified atom stereocenters. The molecule has 0 saturated carbocycles. The van der Waals surface area contributed by atoms with Gasteiger partial charge < -0.3 is 10.1 Å². The number of benzene rings is 1. The van der Waals surface area contributed by atoms with Gasteiger partial charge in [0, 0.05) is 19.2 Å². The van der Waals surface area contributed by atoms with Gasteiger partial charge in [-0.15, -0.1) is 0 Å². The lowest BCUT2D eigenvalue weighted by Gasteiger charge is -2.13. The van der Waals surface area contributed by atoms with Gasteiger partial charge in [-0.2, -0.15) is 0 Å². The van der Waals surface area contributed by atoms with E-state index in [0.717, 1.165) is 11.3 Å². The maximum absolute atomic E-state index is 11.1. The van der Waals surface area contributed by atoms with E-state index < -0.39 is 12.0 Å². The molecule has 1 aromatic carbocycles. The van der Waals surface area contributed by atoms with Gasteiger partial charge >= 0.3 is 5.97 Å². The summed E-state index contributed by atoms with van der Waals surface area (Å²) in [6, 6.07) is 9.08. The summed E-state index contributed by atoms with van der Waals surface area (Å²) < 4.78 is 0. The van der Waals surface area contributed by atoms with Crippen LogP contribution in [-0.4, -0.2) is 27.1 Å². The molecule has 5 heteroatoms. The summed E-state index contributed by atoms with van der Waals surface area (Å²) in [5, 5.41) is 12.2. The quantitative estimate of drug-likeness (QED) is 0.714. The van der Waals surface area contributed by atoms with E-state index in [1.165, 1.54) is 0 Å². The summed E-state index contributed by atoms with van der Waals surface area (Å²) in [6.45, 7) is 0.530. The van der Waals surface area contributed by atoms with Gasteiger partial charge in [0.25, 0.3) is 0 Å². The van der Waals surface area contributed by atoms with E-state index in [1.807, 2.05) is 30.3 Å². The molecule has 0 aliphatic heterocycles. The van der Waals surface area contributed by atoms with Crippen LogP contribution < -0.4 is 5.32 Å². The van der Waals surface area contributed by atoms with E-state index in [4.69, 9.17) is 5.11 Å². The lowest BCUT2D eigenvalue weighted by atomic mass is 10.1. The lowest BCUT2D eigenvalue weighted by molar-refractivity contribution is -0.139. The summed E-state index contributed by atoms with van der Waals surface area (Å²) >= 11 is 0. The number of aliphatic carboxylic acids is 1. The van der Waals surface area contributed by atoms with Gasteiger partial charge in [0.1, 0.15) is 6.04 Å². The summed E-state index contributed by atoms with van der Waals surface area (Å²) in [5.74, 6) is -0.867. The fraction of sp³-hybridized carbons (Fsp3) is 0.231. The van der Waals surface area contributed by atoms with Gasteiger partial charge in [-0.3, -0.25) is 10.1 Å². The van der Waals surface area contributed by atoms with Crippen LogP contribution in [0.3, 0.4) is 0 Å². The molecule has 5 nitrogen and oxygen atoms in total. The van der Waals surface area contributed by atoms with E-state index in [0.29, 0.717) is 13.0 Å². The Morgan fingerprint density at radius 2 is 2.17 bits per heavy atom. The number of hydrogen-bond donors (Lipinski definition) is 3. The fourth-order valence-corrected chi connectivity index (χ4v) is 1.70. The molecule has 0 aliphatic carbocycles. The number of nitrogens with zero attached hydrogens (tertiary/aromatic N) is 1. The van der Waals surface area contributed by atoms with E-state index >= 15 is 0 Å². The zero-order valence-corrected chi connectivity index (χ0v) is 9.84. The number of aromatic amines is 1. The highest BCUT2D eigenvalue weighted by Crippen LogP contribution is 2.02. The molecule has 18 heavy (non-hydrogen) atoms. The van der Waals surface area contributed by atoms with Gasteiger partial charge in [-0.05, 0) is 5.56 Å². The maximum Gasteiger partial charge on any atom is 0.321 e. The molecule has 1 aromatic heterocycles. The number of hydrogen-bond acceptors (Lipinski definition) is 3. The maximum atomic E-state index is 11.1. The van der Waals surface area contributed by atoms with Crippen LogP contribution >= 0.6 is 0 Å². The van der Waals surface area contributed by atoms with Crippen molar-refractivity contribution in [3.05, 3.63) is 54.1 Å². The molecule has 94 valence electrons. The first-order valence-corrected chi connectivity index (χ1v) is 5.73. The van der Waals surface area contributed by atoms with Crippen molar-refractivity contribution < 1.29 is 9.90 Å². The SMILES string of the molecule is O=C(O)[C@H](Cc1c[nH]cn1)NCc1ccccc1. The van der Waals surface area contributed by atoms with Crippen molar-refractivity contribution in [2.75, 3.05) is 0 Å². The first-order valence-electron chi connectivity index (χ1n) is 5.73. The molecule has 2 aromatic rings. The van der Waals surface area contributed by atoms with Crippen molar-refractivity contribution in [3.63, 3.8) is 0 Å². The van der Waals surface area contributed by atoms with Crippen LogP contribution in [0, 0.1) is 0 Å². The molecule has 1 atom stereocenters. The molecule has 2 rings (SSSR count). The third-order valence-electron chi connectivity index (χ3n) is 2.66. The Balaban J connectivity index is 1.93. The number of carbonyl (C=O) groups is 1. The Morgan fingerprint density at radius 3 is 2.78 bits per heavy atom. The second kappa shape index (κ2) is 5.97. The van der Waals surface area contributed by atoms with Crippen molar-refractivity contribution >= 4 is 5.97 Å². The Labute approximate surface area is 105 Å². The Kier molecular flexibility index (Phi) is 4.09. The number of H-pyrrole nitrogens is 1. The summed E-state index contributed by atoms with van der Waals surface area (Å²) in [7, 11) is 0. The Morgan fingerprint density at radius 1 is 1.39 bits per heavy atom. The number of carboxylic acids is 1. The number of aromatic nitrogens is 2. The molecule has 0 amide bonds. The third kappa shape index (κ3) is 3.43. The third-order valence-corrected chi connectivity index (χ3v) is 2.66. The molecule has 0 saturated heterocycles. The number of rotatable bonds is 6. The Bertz CT molecular complexity index is 482. The average molecular weight is 245 g/mol. The van der Waals surface area contributed by atoms with Gasteiger partial charge in [0.05, 0.1) is 12.0 Å². The summed E-state index contributed by atoms with van der Waals surface area (Å²) in [4.78, 5) is 18.0. The highest BCUT2D eigenvalue weighted by Gasteiger charge is 2.17. The highest BCUT2D eigenvalue weighted by molar-refractivity contribution is 5.73. The molecular weight excluding hydrogens is 230 g/mol. The minimum atomic E-state index is -0.867. The zero-order valence-electron chi connectivity index (χ0n) is 9.84. The second-order valence-corrected chi connectivity index (χ2v) is 4.02. The molecule has 0 spiro atoms. The van der Waals surface area contributed by atoms with Crippen molar-refractivity contribution in [1.82, 2.24) is 15.3 Å². The first-order chi connectivity index (χ1) is 8.75. The second-order valence-electron chi connectivity index (χ2n) is 4.02. The molecule has 0 fully saturated rings. The summed E-state index contributed by atoms with van der Waals surface area (Å²) in [5.41, 5.74) is 1.80. The largest absolute Gasteiger partial charge is 0.480 e. The lowest BCUT2D eigenvalue weighted by Crippen LogP contribution is -2.38. The monoisotopic (exact) mass is 245 g/mol. The normalized spacial score (nSPS) is 12.2. The fourth-order valence-electron chi connectivity index (χ4n) is 1.70. The highest BCUT2D eigenvalue weighted by atomic mass is 16.4. The van der Waals surface area contributed by atoms with Crippen LogP contribution in [0.4, 0.5) is 0 Å². The van der Waals surface area contributed by atoms with Crippen molar-refractivity contribution in [2.24, 2.45) is 0 Å². The number of carboxylic acid groups (broad SMARTS) is 1. The Hall–Kier alpha value is -2.14. The minimum absolute atomic E-state index is 0.367. The first kappa shape index (κ1) is 12.3. The molecule has 3 N–H and O–H groups in total. The zero-order chi connectivity index (χ0) is 12.8. The van der Waals surface area contributed by atoms with Crippen molar-refractivity contribution in [1.29, 1.82) is 0 Å². The van der Waals surface area contributed by atoms with Crippen LogP contribution in [-0.2, 0) is 17.8 Å². The van der Waals surface area contributed by atoms with Crippen LogP contribution in [0.15, 0.2) is 42.9 Å². The standard InChI is InChI=1S/C13H15N3O2/c17-13(18)12(6-11-8-14-9-16-11)15-7-10-4-2-1-3-5-10/h1-5,8-9,12,15H,6-7H2,(H,14,16)(H,17,18)/t12-/m0/s1. The van der Waals surface area contributed by atoms with Crippen molar-refractivity contribution in [3.8, 4) is 0 Å². The molecule has 0 radical (unpaired) electrons.